The fourth-order valence-electron chi connectivity index (χ4n) is 2.72. The number of aromatic nitrogens is 3. The monoisotopic (exact) mass is 460 g/mol. The minimum atomic E-state index is -0.786. The van der Waals surface area contributed by atoms with Gasteiger partial charge in [0.15, 0.2) is 11.6 Å². The van der Waals surface area contributed by atoms with Gasteiger partial charge in [0, 0.05) is 16.7 Å². The highest BCUT2D eigenvalue weighted by molar-refractivity contribution is 7.12. The average molecular weight is 461 g/mol. The third kappa shape index (κ3) is 5.25. The van der Waals surface area contributed by atoms with Crippen LogP contribution in [0, 0.1) is 11.6 Å². The van der Waals surface area contributed by atoms with E-state index < -0.39 is 11.6 Å². The summed E-state index contributed by atoms with van der Waals surface area (Å²) in [5.74, 6) is -1.74. The first-order valence-electron chi connectivity index (χ1n) is 9.07. The minimum Gasteiger partial charge on any atom is -0.486 e. The number of hydrogen-bond donors (Lipinski definition) is 1. The van der Waals surface area contributed by atoms with Crippen LogP contribution < -0.4 is 10.1 Å². The highest BCUT2D eigenvalue weighted by atomic mass is 35.5. The lowest BCUT2D eigenvalue weighted by Gasteiger charge is -2.05. The van der Waals surface area contributed by atoms with Gasteiger partial charge in [-0.05, 0) is 35.2 Å². The second-order valence-electron chi connectivity index (χ2n) is 6.49. The molecule has 4 rings (SSSR count). The molecule has 0 aliphatic carbocycles. The van der Waals surface area contributed by atoms with Crippen molar-refractivity contribution >= 4 is 34.8 Å². The van der Waals surface area contributed by atoms with Crippen molar-refractivity contribution in [1.82, 2.24) is 14.8 Å². The summed E-state index contributed by atoms with van der Waals surface area (Å²) in [5.41, 5.74) is 1.56. The lowest BCUT2D eigenvalue weighted by molar-refractivity contribution is 0.102. The van der Waals surface area contributed by atoms with Crippen molar-refractivity contribution in [1.29, 1.82) is 0 Å². The van der Waals surface area contributed by atoms with Crippen molar-refractivity contribution in [3.05, 3.63) is 92.9 Å². The first-order valence-corrected chi connectivity index (χ1v) is 10.3. The summed E-state index contributed by atoms with van der Waals surface area (Å²) in [6.45, 7) is 0.458. The number of nitrogens with zero attached hydrogens (tertiary/aromatic N) is 3. The smallest absolute Gasteiger partial charge is 0.268 e. The number of hydrogen-bond acceptors (Lipinski definition) is 5. The van der Waals surface area contributed by atoms with Gasteiger partial charge in [-0.3, -0.25) is 10.1 Å². The number of benzene rings is 2. The van der Waals surface area contributed by atoms with Crippen molar-refractivity contribution < 1.29 is 18.3 Å². The molecule has 6 nitrogen and oxygen atoms in total. The molecular weight excluding hydrogens is 446 g/mol. The zero-order valence-corrected chi connectivity index (χ0v) is 17.5. The number of ether oxygens (including phenoxy) is 1. The van der Waals surface area contributed by atoms with Crippen LogP contribution in [0.5, 0.6) is 5.75 Å². The Kier molecular flexibility index (Phi) is 6.24. The molecule has 2 aromatic carbocycles. The van der Waals surface area contributed by atoms with Crippen LogP contribution in [0.1, 0.15) is 20.8 Å². The summed E-state index contributed by atoms with van der Waals surface area (Å²) < 4.78 is 33.5. The van der Waals surface area contributed by atoms with Crippen LogP contribution in [0.3, 0.4) is 0 Å². The third-order valence-corrected chi connectivity index (χ3v) is 5.56. The molecule has 0 fully saturated rings. The molecule has 0 bridgehead atoms. The average Bonchev–Trinajstić information content (AvgIpc) is 3.39. The molecule has 0 radical (unpaired) electrons. The van der Waals surface area contributed by atoms with E-state index in [4.69, 9.17) is 16.3 Å². The summed E-state index contributed by atoms with van der Waals surface area (Å²) in [6.07, 6.45) is 1.50. The molecule has 0 saturated heterocycles. The molecular formula is C21H15ClF2N4O2S. The van der Waals surface area contributed by atoms with E-state index in [-0.39, 0.29) is 24.2 Å². The van der Waals surface area contributed by atoms with Gasteiger partial charge in [-0.15, -0.1) is 16.4 Å². The third-order valence-electron chi connectivity index (χ3n) is 4.22. The van der Waals surface area contributed by atoms with Crippen molar-refractivity contribution in [2.75, 3.05) is 5.32 Å². The number of rotatable bonds is 7. The van der Waals surface area contributed by atoms with Crippen LogP contribution in [0.4, 0.5) is 14.7 Å². The molecule has 10 heteroatoms. The molecule has 31 heavy (non-hydrogen) atoms. The second-order valence-corrected chi connectivity index (χ2v) is 7.81. The maximum atomic E-state index is 13.6. The fourth-order valence-corrected chi connectivity index (χ4v) is 3.70. The first kappa shape index (κ1) is 21.0. The number of thiophene rings is 1. The first-order chi connectivity index (χ1) is 15.0. The minimum absolute atomic E-state index is 0.0387. The number of halogens is 3. The molecule has 0 aliphatic rings. The maximum Gasteiger partial charge on any atom is 0.268 e. The van der Waals surface area contributed by atoms with Gasteiger partial charge in [0.05, 0.1) is 11.4 Å². The Balaban J connectivity index is 1.35. The zero-order chi connectivity index (χ0) is 21.8. The SMILES string of the molecule is O=C(Nc1ncn(Cc2ccccc2Cl)n1)c1cc(COc2ccc(F)cc2F)cs1. The summed E-state index contributed by atoms with van der Waals surface area (Å²) in [5, 5.41) is 9.21. The number of amides is 1. The molecule has 0 unspecified atom stereocenters. The zero-order valence-electron chi connectivity index (χ0n) is 15.9. The van der Waals surface area contributed by atoms with Gasteiger partial charge in [0.1, 0.15) is 18.8 Å². The Morgan fingerprint density at radius 1 is 1.19 bits per heavy atom. The predicted molar refractivity (Wildman–Crippen MR) is 114 cm³/mol. The molecule has 158 valence electrons. The van der Waals surface area contributed by atoms with E-state index in [9.17, 15) is 13.6 Å². The Labute approximate surface area is 185 Å². The molecule has 2 heterocycles. The number of anilines is 1. The van der Waals surface area contributed by atoms with Crippen LogP contribution in [-0.2, 0) is 13.2 Å². The molecule has 0 atom stereocenters. The highest BCUT2D eigenvalue weighted by Gasteiger charge is 2.13. The molecule has 4 aromatic rings. The Morgan fingerprint density at radius 3 is 2.84 bits per heavy atom. The predicted octanol–water partition coefficient (Wildman–Crippen LogP) is 5.15. The van der Waals surface area contributed by atoms with E-state index in [0.29, 0.717) is 22.0 Å². The van der Waals surface area contributed by atoms with Crippen molar-refractivity contribution in [2.45, 2.75) is 13.2 Å². The normalized spacial score (nSPS) is 10.8. The van der Waals surface area contributed by atoms with Crippen LogP contribution in [-0.4, -0.2) is 20.7 Å². The fraction of sp³-hybridized carbons (Fsp3) is 0.0952. The number of nitrogens with one attached hydrogen (secondary N) is 1. The van der Waals surface area contributed by atoms with Gasteiger partial charge >= 0.3 is 0 Å². The maximum absolute atomic E-state index is 13.6. The summed E-state index contributed by atoms with van der Waals surface area (Å²) in [7, 11) is 0. The second kappa shape index (κ2) is 9.23. The van der Waals surface area contributed by atoms with Gasteiger partial charge in [-0.2, -0.15) is 0 Å². The van der Waals surface area contributed by atoms with Gasteiger partial charge < -0.3 is 4.74 Å². The van der Waals surface area contributed by atoms with Gasteiger partial charge in [-0.25, -0.2) is 18.4 Å². The summed E-state index contributed by atoms with van der Waals surface area (Å²) >= 11 is 7.35. The van der Waals surface area contributed by atoms with Crippen LogP contribution in [0.15, 0.2) is 60.2 Å². The van der Waals surface area contributed by atoms with Crippen molar-refractivity contribution in [3.63, 3.8) is 0 Å². The number of carbonyl (C=O) groups is 1. The van der Waals surface area contributed by atoms with E-state index in [1.54, 1.807) is 22.2 Å². The molecule has 2 aromatic heterocycles. The lowest BCUT2D eigenvalue weighted by Crippen LogP contribution is -2.12. The quantitative estimate of drug-likeness (QED) is 0.414. The van der Waals surface area contributed by atoms with E-state index >= 15 is 0 Å². The Bertz CT molecular complexity index is 1230. The van der Waals surface area contributed by atoms with Crippen LogP contribution in [0.2, 0.25) is 5.02 Å². The lowest BCUT2D eigenvalue weighted by atomic mass is 10.2. The van der Waals surface area contributed by atoms with E-state index in [1.165, 1.54) is 23.7 Å². The van der Waals surface area contributed by atoms with Crippen LogP contribution in [0.25, 0.3) is 0 Å². The van der Waals surface area contributed by atoms with E-state index in [0.717, 1.165) is 17.7 Å². The van der Waals surface area contributed by atoms with E-state index in [2.05, 4.69) is 15.4 Å². The van der Waals surface area contributed by atoms with Gasteiger partial charge in [0.25, 0.3) is 5.91 Å². The topological polar surface area (TPSA) is 69.0 Å². The Morgan fingerprint density at radius 2 is 2.03 bits per heavy atom. The highest BCUT2D eigenvalue weighted by Crippen LogP contribution is 2.22. The Hall–Kier alpha value is -3.30. The van der Waals surface area contributed by atoms with Crippen molar-refractivity contribution in [3.8, 4) is 5.75 Å². The summed E-state index contributed by atoms with van der Waals surface area (Å²) in [6, 6.07) is 12.1. The standard InChI is InChI=1S/C21H15ClF2N4O2S/c22-16-4-2-1-3-14(16)9-28-12-25-21(27-28)26-20(29)19-7-13(11-31-19)10-30-18-6-5-15(23)8-17(18)24/h1-8,11-12H,9-10H2,(H,26,27,29). The largest absolute Gasteiger partial charge is 0.486 e. The summed E-state index contributed by atoms with van der Waals surface area (Å²) in [4.78, 5) is 17.0. The molecule has 1 N–H and O–H groups in total. The number of carbonyl (C=O) groups excluding carboxylic acids is 1. The van der Waals surface area contributed by atoms with Crippen molar-refractivity contribution in [2.24, 2.45) is 0 Å². The molecule has 0 spiro atoms. The van der Waals surface area contributed by atoms with Gasteiger partial charge in [0.2, 0.25) is 5.95 Å². The molecule has 1 amide bonds. The molecule has 0 saturated carbocycles. The van der Waals surface area contributed by atoms with Crippen LogP contribution >= 0.6 is 22.9 Å². The molecule has 0 aliphatic heterocycles. The van der Waals surface area contributed by atoms with Gasteiger partial charge in [-0.1, -0.05) is 29.8 Å². The van der Waals surface area contributed by atoms with E-state index in [1.807, 2.05) is 18.2 Å².